The van der Waals surface area contributed by atoms with Crippen molar-refractivity contribution in [1.82, 2.24) is 25.3 Å². The molecular formula is C20H31N5O4. The number of carbonyl (C=O) groups excluding carboxylic acids is 3. The number of rotatable bonds is 6. The van der Waals surface area contributed by atoms with Gasteiger partial charge in [-0.25, -0.2) is 4.68 Å². The molecule has 2 fully saturated rings. The number of methoxy groups -OCH3 is 1. The van der Waals surface area contributed by atoms with Gasteiger partial charge in [-0.05, 0) is 39.0 Å². The second-order valence-electron chi connectivity index (χ2n) is 8.56. The fraction of sp³-hybridized carbons (Fsp3) is 0.700. The van der Waals surface area contributed by atoms with Crippen molar-refractivity contribution in [1.29, 1.82) is 0 Å². The predicted molar refractivity (Wildman–Crippen MR) is 106 cm³/mol. The van der Waals surface area contributed by atoms with Crippen molar-refractivity contribution in [3.8, 4) is 5.88 Å². The first-order chi connectivity index (χ1) is 13.7. The van der Waals surface area contributed by atoms with Crippen molar-refractivity contribution in [2.75, 3.05) is 26.7 Å². The number of carbonyl (C=O) groups is 3. The summed E-state index contributed by atoms with van der Waals surface area (Å²) in [7, 11) is 3.29. The second-order valence-corrected chi connectivity index (χ2v) is 8.56. The number of likely N-dealkylation sites (tertiary alicyclic amines) is 1. The highest BCUT2D eigenvalue weighted by Crippen LogP contribution is 2.27. The highest BCUT2D eigenvalue weighted by atomic mass is 16.5. The Kier molecular flexibility index (Phi) is 6.14. The molecule has 0 spiro atoms. The smallest absolute Gasteiger partial charge is 0.274 e. The van der Waals surface area contributed by atoms with E-state index in [0.717, 1.165) is 19.3 Å². The summed E-state index contributed by atoms with van der Waals surface area (Å²) in [5, 5.41) is 10.1. The van der Waals surface area contributed by atoms with Crippen LogP contribution >= 0.6 is 0 Å². The predicted octanol–water partition coefficient (Wildman–Crippen LogP) is 0.702. The molecule has 2 aliphatic rings. The number of hydrogen-bond donors (Lipinski definition) is 2. The Morgan fingerprint density at radius 1 is 1.41 bits per heavy atom. The molecule has 29 heavy (non-hydrogen) atoms. The lowest BCUT2D eigenvalue weighted by Gasteiger charge is -2.32. The van der Waals surface area contributed by atoms with Crippen LogP contribution in [0.25, 0.3) is 0 Å². The minimum Gasteiger partial charge on any atom is -0.481 e. The molecule has 3 rings (SSSR count). The average Bonchev–Trinajstić information content (AvgIpc) is 3.18. The van der Waals surface area contributed by atoms with Crippen molar-refractivity contribution >= 4 is 17.7 Å². The van der Waals surface area contributed by atoms with Crippen LogP contribution in [0, 0.1) is 11.8 Å². The van der Waals surface area contributed by atoms with Gasteiger partial charge in [-0.15, -0.1) is 0 Å². The van der Waals surface area contributed by atoms with Crippen molar-refractivity contribution in [3.63, 3.8) is 0 Å². The van der Waals surface area contributed by atoms with Gasteiger partial charge in [0.1, 0.15) is 0 Å². The lowest BCUT2D eigenvalue weighted by atomic mass is 9.88. The second kappa shape index (κ2) is 8.42. The van der Waals surface area contributed by atoms with Crippen LogP contribution in [0.3, 0.4) is 0 Å². The Hall–Kier alpha value is -2.58. The fourth-order valence-electron chi connectivity index (χ4n) is 4.27. The van der Waals surface area contributed by atoms with E-state index in [1.165, 1.54) is 0 Å². The molecule has 9 nitrogen and oxygen atoms in total. The maximum Gasteiger partial charge on any atom is 0.274 e. The molecule has 9 heteroatoms. The van der Waals surface area contributed by atoms with Gasteiger partial charge in [0.15, 0.2) is 5.69 Å². The first-order valence-electron chi connectivity index (χ1n) is 10.2. The first kappa shape index (κ1) is 21.1. The van der Waals surface area contributed by atoms with E-state index in [1.807, 2.05) is 18.7 Å². The quantitative estimate of drug-likeness (QED) is 0.725. The zero-order chi connectivity index (χ0) is 21.2. The Morgan fingerprint density at radius 2 is 2.17 bits per heavy atom. The van der Waals surface area contributed by atoms with Gasteiger partial charge >= 0.3 is 0 Å². The summed E-state index contributed by atoms with van der Waals surface area (Å²) in [6.07, 6.45) is 3.00. The molecule has 0 aromatic carbocycles. The molecule has 0 saturated carbocycles. The van der Waals surface area contributed by atoms with Gasteiger partial charge < -0.3 is 20.3 Å². The molecule has 2 atom stereocenters. The molecule has 2 saturated heterocycles. The van der Waals surface area contributed by atoms with Gasteiger partial charge in [0.05, 0.1) is 13.0 Å². The van der Waals surface area contributed by atoms with E-state index in [0.29, 0.717) is 37.1 Å². The van der Waals surface area contributed by atoms with E-state index in [2.05, 4.69) is 15.7 Å². The van der Waals surface area contributed by atoms with E-state index in [4.69, 9.17) is 4.74 Å². The number of hydrogen-bond acceptors (Lipinski definition) is 5. The summed E-state index contributed by atoms with van der Waals surface area (Å²) in [4.78, 5) is 38.7. The summed E-state index contributed by atoms with van der Waals surface area (Å²) in [5.74, 6) is 0.274. The van der Waals surface area contributed by atoms with Crippen LogP contribution in [-0.2, 0) is 16.6 Å². The molecular weight excluding hydrogens is 374 g/mol. The molecule has 0 aliphatic carbocycles. The Bertz CT molecular complexity index is 788. The average molecular weight is 405 g/mol. The number of nitrogens with one attached hydrogen (secondary N) is 2. The Labute approximate surface area is 171 Å². The Morgan fingerprint density at radius 3 is 2.79 bits per heavy atom. The molecule has 160 valence electrons. The van der Waals surface area contributed by atoms with Crippen LogP contribution in [-0.4, -0.2) is 64.7 Å². The lowest BCUT2D eigenvalue weighted by Crippen LogP contribution is -2.46. The SMILES string of the molecule is COc1cc(C(=O)N2CCCC(CCNC(=O)C3CC(=O)NC3(C)C)C2)nn1C. The van der Waals surface area contributed by atoms with Gasteiger partial charge in [0.2, 0.25) is 17.7 Å². The molecule has 2 N–H and O–H groups in total. The van der Waals surface area contributed by atoms with Crippen LogP contribution in [0.1, 0.15) is 50.0 Å². The van der Waals surface area contributed by atoms with Crippen LogP contribution in [0.2, 0.25) is 0 Å². The molecule has 1 aromatic heterocycles. The molecule has 0 radical (unpaired) electrons. The van der Waals surface area contributed by atoms with Crippen LogP contribution in [0.15, 0.2) is 6.07 Å². The van der Waals surface area contributed by atoms with Gasteiger partial charge in [0.25, 0.3) is 5.91 Å². The number of ether oxygens (including phenoxy) is 1. The molecule has 2 unspecified atom stereocenters. The van der Waals surface area contributed by atoms with E-state index in [9.17, 15) is 14.4 Å². The van der Waals surface area contributed by atoms with Gasteiger partial charge in [-0.1, -0.05) is 0 Å². The summed E-state index contributed by atoms with van der Waals surface area (Å²) < 4.78 is 6.74. The maximum atomic E-state index is 12.8. The molecule has 3 heterocycles. The third-order valence-electron chi connectivity index (χ3n) is 5.96. The van der Waals surface area contributed by atoms with E-state index >= 15 is 0 Å². The highest BCUT2D eigenvalue weighted by molar-refractivity contribution is 5.92. The topological polar surface area (TPSA) is 106 Å². The lowest BCUT2D eigenvalue weighted by molar-refractivity contribution is -0.127. The van der Waals surface area contributed by atoms with E-state index in [-0.39, 0.29) is 30.1 Å². The normalized spacial score (nSPS) is 23.6. The largest absolute Gasteiger partial charge is 0.481 e. The monoisotopic (exact) mass is 405 g/mol. The number of aryl methyl sites for hydroxylation is 1. The zero-order valence-electron chi connectivity index (χ0n) is 17.7. The van der Waals surface area contributed by atoms with Crippen molar-refractivity contribution in [3.05, 3.63) is 11.8 Å². The molecule has 0 bridgehead atoms. The zero-order valence-corrected chi connectivity index (χ0v) is 17.7. The van der Waals surface area contributed by atoms with Crippen LogP contribution < -0.4 is 15.4 Å². The number of amides is 3. The third kappa shape index (κ3) is 4.71. The van der Waals surface area contributed by atoms with Crippen LogP contribution in [0.4, 0.5) is 0 Å². The molecule has 1 aromatic rings. The summed E-state index contributed by atoms with van der Waals surface area (Å²) in [6.45, 7) is 5.66. The van der Waals surface area contributed by atoms with Gasteiger partial charge in [-0.2, -0.15) is 5.10 Å². The van der Waals surface area contributed by atoms with E-state index in [1.54, 1.807) is 24.9 Å². The van der Waals surface area contributed by atoms with Crippen LogP contribution in [0.5, 0.6) is 5.88 Å². The number of aromatic nitrogens is 2. The fourth-order valence-corrected chi connectivity index (χ4v) is 4.27. The van der Waals surface area contributed by atoms with Gasteiger partial charge in [0, 0.05) is 44.7 Å². The Balaban J connectivity index is 1.49. The van der Waals surface area contributed by atoms with Crippen molar-refractivity contribution in [2.24, 2.45) is 18.9 Å². The minimum atomic E-state index is -0.515. The number of piperidine rings is 1. The number of nitrogens with zero attached hydrogens (tertiary/aromatic N) is 3. The maximum absolute atomic E-state index is 12.8. The highest BCUT2D eigenvalue weighted by Gasteiger charge is 2.43. The standard InChI is InChI=1S/C20H31N5O4/c1-20(2)14(10-16(26)22-20)18(27)21-8-7-13-6-5-9-25(12-13)19(28)15-11-17(29-4)24(3)23-15/h11,13-14H,5-10,12H2,1-4H3,(H,21,27)(H,22,26). The summed E-state index contributed by atoms with van der Waals surface area (Å²) in [6, 6.07) is 1.66. The third-order valence-corrected chi connectivity index (χ3v) is 5.96. The molecule has 2 aliphatic heterocycles. The molecule has 3 amide bonds. The van der Waals surface area contributed by atoms with Crippen molar-refractivity contribution < 1.29 is 19.1 Å². The van der Waals surface area contributed by atoms with Gasteiger partial charge in [-0.3, -0.25) is 14.4 Å². The minimum absolute atomic E-state index is 0.0808. The van der Waals surface area contributed by atoms with E-state index < -0.39 is 5.54 Å². The van der Waals surface area contributed by atoms with Crippen molar-refractivity contribution in [2.45, 2.75) is 45.1 Å². The first-order valence-corrected chi connectivity index (χ1v) is 10.2. The summed E-state index contributed by atoms with van der Waals surface area (Å²) in [5.41, 5.74) is -0.127. The summed E-state index contributed by atoms with van der Waals surface area (Å²) >= 11 is 0.